The third-order valence-corrected chi connectivity index (χ3v) is 4.73. The van der Waals surface area contributed by atoms with Crippen LogP contribution in [0.25, 0.3) is 11.4 Å². The second-order valence-corrected chi connectivity index (χ2v) is 6.56. The van der Waals surface area contributed by atoms with Crippen LogP contribution >= 0.6 is 11.8 Å². The molecule has 0 amide bonds. The van der Waals surface area contributed by atoms with Crippen molar-refractivity contribution in [3.05, 3.63) is 36.0 Å². The summed E-state index contributed by atoms with van der Waals surface area (Å²) in [5, 5.41) is 13.3. The number of ether oxygens (including phenoxy) is 1. The standard InChI is InChI=1S/C16H19N5O2S/c1-5-13-17-15(23-20-13)10(2)24-16-19-18-14(21(16)3)11-6-8-12(22-4)9-7-11/h6-10H,5H2,1-4H3. The van der Waals surface area contributed by atoms with Crippen molar-refractivity contribution < 1.29 is 9.26 Å². The molecule has 0 aliphatic rings. The van der Waals surface area contributed by atoms with Crippen LogP contribution in [0.3, 0.4) is 0 Å². The Balaban J connectivity index is 1.78. The second-order valence-electron chi connectivity index (χ2n) is 5.26. The molecular formula is C16H19N5O2S. The fraction of sp³-hybridized carbons (Fsp3) is 0.375. The first kappa shape index (κ1) is 16.5. The molecule has 0 spiro atoms. The van der Waals surface area contributed by atoms with Crippen molar-refractivity contribution in [3.8, 4) is 17.1 Å². The lowest BCUT2D eigenvalue weighted by atomic mass is 10.2. The smallest absolute Gasteiger partial charge is 0.239 e. The highest BCUT2D eigenvalue weighted by Crippen LogP contribution is 2.34. The lowest BCUT2D eigenvalue weighted by Crippen LogP contribution is -1.97. The second kappa shape index (κ2) is 7.04. The first-order chi connectivity index (χ1) is 11.6. The highest BCUT2D eigenvalue weighted by molar-refractivity contribution is 7.99. The van der Waals surface area contributed by atoms with Gasteiger partial charge in [-0.25, -0.2) is 0 Å². The number of aromatic nitrogens is 5. The first-order valence-corrected chi connectivity index (χ1v) is 8.53. The van der Waals surface area contributed by atoms with Crippen molar-refractivity contribution in [2.75, 3.05) is 7.11 Å². The maximum Gasteiger partial charge on any atom is 0.239 e. The lowest BCUT2D eigenvalue weighted by Gasteiger charge is -2.07. The number of hydrogen-bond acceptors (Lipinski definition) is 7. The molecule has 3 rings (SSSR count). The molecule has 3 aromatic rings. The van der Waals surface area contributed by atoms with Gasteiger partial charge in [0.05, 0.1) is 12.4 Å². The third kappa shape index (κ3) is 3.28. The maximum atomic E-state index is 5.29. The topological polar surface area (TPSA) is 78.9 Å². The Morgan fingerprint density at radius 2 is 2.00 bits per heavy atom. The number of rotatable bonds is 6. The van der Waals surface area contributed by atoms with Gasteiger partial charge < -0.3 is 13.8 Å². The van der Waals surface area contributed by atoms with E-state index in [1.807, 2.05) is 49.7 Å². The molecule has 0 aliphatic heterocycles. The van der Waals surface area contributed by atoms with Crippen molar-refractivity contribution >= 4 is 11.8 Å². The molecule has 0 aliphatic carbocycles. The Hall–Kier alpha value is -2.35. The minimum atomic E-state index is 0.00409. The van der Waals surface area contributed by atoms with E-state index < -0.39 is 0 Å². The average molecular weight is 345 g/mol. The Morgan fingerprint density at radius 3 is 2.62 bits per heavy atom. The van der Waals surface area contributed by atoms with Crippen molar-refractivity contribution in [3.63, 3.8) is 0 Å². The summed E-state index contributed by atoms with van der Waals surface area (Å²) >= 11 is 1.54. The van der Waals surface area contributed by atoms with Crippen LogP contribution in [0.2, 0.25) is 0 Å². The van der Waals surface area contributed by atoms with E-state index in [1.165, 1.54) is 11.8 Å². The average Bonchev–Trinajstić information content (AvgIpc) is 3.23. The SMILES string of the molecule is CCc1noc(C(C)Sc2nnc(-c3ccc(OC)cc3)n2C)n1. The van der Waals surface area contributed by atoms with Crippen molar-refractivity contribution in [2.24, 2.45) is 7.05 Å². The first-order valence-electron chi connectivity index (χ1n) is 7.65. The molecule has 1 unspecified atom stereocenters. The largest absolute Gasteiger partial charge is 0.497 e. The van der Waals surface area contributed by atoms with Crippen molar-refractivity contribution in [1.29, 1.82) is 0 Å². The molecule has 2 aromatic heterocycles. The summed E-state index contributed by atoms with van der Waals surface area (Å²) in [6.45, 7) is 4.01. The van der Waals surface area contributed by atoms with Gasteiger partial charge in [0.25, 0.3) is 0 Å². The van der Waals surface area contributed by atoms with Crippen molar-refractivity contribution in [1.82, 2.24) is 24.9 Å². The highest BCUT2D eigenvalue weighted by atomic mass is 32.2. The van der Waals surface area contributed by atoms with Gasteiger partial charge in [0.15, 0.2) is 16.8 Å². The molecule has 8 heteroatoms. The van der Waals surface area contributed by atoms with E-state index >= 15 is 0 Å². The molecule has 1 aromatic carbocycles. The quantitative estimate of drug-likeness (QED) is 0.634. The molecule has 0 bridgehead atoms. The van der Waals surface area contributed by atoms with Gasteiger partial charge in [-0.2, -0.15) is 4.98 Å². The van der Waals surface area contributed by atoms with Gasteiger partial charge >= 0.3 is 0 Å². The Labute approximate surface area is 144 Å². The monoisotopic (exact) mass is 345 g/mol. The predicted molar refractivity (Wildman–Crippen MR) is 90.9 cm³/mol. The van der Waals surface area contributed by atoms with E-state index in [0.29, 0.717) is 11.7 Å². The molecule has 0 saturated carbocycles. The van der Waals surface area contributed by atoms with Gasteiger partial charge in [0.2, 0.25) is 5.89 Å². The normalized spacial score (nSPS) is 12.3. The van der Waals surface area contributed by atoms with Crippen molar-refractivity contribution in [2.45, 2.75) is 30.7 Å². The summed E-state index contributed by atoms with van der Waals surface area (Å²) in [6, 6.07) is 7.74. The van der Waals surface area contributed by atoms with E-state index in [0.717, 1.165) is 28.7 Å². The van der Waals surface area contributed by atoms with Gasteiger partial charge in [-0.3, -0.25) is 0 Å². The summed E-state index contributed by atoms with van der Waals surface area (Å²) in [7, 11) is 3.59. The van der Waals surface area contributed by atoms with E-state index in [4.69, 9.17) is 9.26 Å². The zero-order valence-corrected chi connectivity index (χ0v) is 14.9. The number of thioether (sulfide) groups is 1. The maximum absolute atomic E-state index is 5.29. The zero-order valence-electron chi connectivity index (χ0n) is 14.1. The summed E-state index contributed by atoms with van der Waals surface area (Å²) in [4.78, 5) is 4.37. The molecule has 24 heavy (non-hydrogen) atoms. The van der Waals surface area contributed by atoms with Crippen LogP contribution in [-0.4, -0.2) is 32.0 Å². The van der Waals surface area contributed by atoms with Crippen LogP contribution in [0.4, 0.5) is 0 Å². The van der Waals surface area contributed by atoms with Crippen LogP contribution in [0.15, 0.2) is 33.9 Å². The molecular weight excluding hydrogens is 326 g/mol. The van der Waals surface area contributed by atoms with Gasteiger partial charge in [0, 0.05) is 19.0 Å². The van der Waals surface area contributed by atoms with Gasteiger partial charge in [-0.05, 0) is 31.2 Å². The zero-order chi connectivity index (χ0) is 17.1. The Morgan fingerprint density at radius 1 is 1.25 bits per heavy atom. The molecule has 2 heterocycles. The molecule has 0 N–H and O–H groups in total. The molecule has 0 saturated heterocycles. The third-order valence-electron chi connectivity index (χ3n) is 3.61. The van der Waals surface area contributed by atoms with Crippen LogP contribution in [-0.2, 0) is 13.5 Å². The van der Waals surface area contributed by atoms with Crippen LogP contribution in [0.5, 0.6) is 5.75 Å². The summed E-state index contributed by atoms with van der Waals surface area (Å²) in [6.07, 6.45) is 0.756. The van der Waals surface area contributed by atoms with Gasteiger partial charge in [-0.15, -0.1) is 10.2 Å². The van der Waals surface area contributed by atoms with Gasteiger partial charge in [-0.1, -0.05) is 23.8 Å². The minimum absolute atomic E-state index is 0.00409. The van der Waals surface area contributed by atoms with Crippen LogP contribution in [0, 0.1) is 0 Å². The molecule has 1 atom stereocenters. The highest BCUT2D eigenvalue weighted by Gasteiger charge is 2.19. The van der Waals surface area contributed by atoms with E-state index in [1.54, 1.807) is 7.11 Å². The molecule has 126 valence electrons. The molecule has 0 radical (unpaired) electrons. The Bertz CT molecular complexity index is 812. The summed E-state index contributed by atoms with van der Waals surface area (Å²) in [5.41, 5.74) is 0.983. The molecule has 0 fully saturated rings. The van der Waals surface area contributed by atoms with Crippen LogP contribution < -0.4 is 4.74 Å². The number of hydrogen-bond donors (Lipinski definition) is 0. The van der Waals surface area contributed by atoms with Gasteiger partial charge in [0.1, 0.15) is 5.75 Å². The Kier molecular flexibility index (Phi) is 4.84. The number of benzene rings is 1. The summed E-state index contributed by atoms with van der Waals surface area (Å²) in [5.74, 6) is 2.93. The predicted octanol–water partition coefficient (Wildman–Crippen LogP) is 3.29. The van der Waals surface area contributed by atoms with E-state index in [-0.39, 0.29) is 5.25 Å². The fourth-order valence-electron chi connectivity index (χ4n) is 2.19. The summed E-state index contributed by atoms with van der Waals surface area (Å²) < 4.78 is 12.4. The number of aryl methyl sites for hydroxylation is 1. The fourth-order valence-corrected chi connectivity index (χ4v) is 3.04. The van der Waals surface area contributed by atoms with E-state index in [2.05, 4.69) is 20.3 Å². The number of methoxy groups -OCH3 is 1. The number of nitrogens with zero attached hydrogens (tertiary/aromatic N) is 5. The molecule has 7 nitrogen and oxygen atoms in total. The minimum Gasteiger partial charge on any atom is -0.497 e. The van der Waals surface area contributed by atoms with Crippen LogP contribution in [0.1, 0.15) is 30.8 Å². The lowest BCUT2D eigenvalue weighted by molar-refractivity contribution is 0.375. The van der Waals surface area contributed by atoms with E-state index in [9.17, 15) is 0 Å².